The molecule has 1 aromatic rings. The van der Waals surface area contributed by atoms with Gasteiger partial charge in [0.15, 0.2) is 0 Å². The third kappa shape index (κ3) is 3.60. The second-order valence-corrected chi connectivity index (χ2v) is 3.99. The van der Waals surface area contributed by atoms with Gasteiger partial charge < -0.3 is 14.6 Å². The summed E-state index contributed by atoms with van der Waals surface area (Å²) in [5.41, 5.74) is 0. The predicted octanol–water partition coefficient (Wildman–Crippen LogP) is 0.983. The van der Waals surface area contributed by atoms with Gasteiger partial charge in [0.1, 0.15) is 12.2 Å². The van der Waals surface area contributed by atoms with Crippen molar-refractivity contribution in [1.29, 1.82) is 0 Å². The topological polar surface area (TPSA) is 52.0 Å². The SMILES string of the molecule is COCC(C)NCc1nncn1C(C)C. The molecule has 0 fully saturated rings. The summed E-state index contributed by atoms with van der Waals surface area (Å²) in [7, 11) is 1.70. The molecular weight excluding hydrogens is 192 g/mol. The summed E-state index contributed by atoms with van der Waals surface area (Å²) in [5, 5.41) is 11.3. The second kappa shape index (κ2) is 5.82. The van der Waals surface area contributed by atoms with Crippen LogP contribution >= 0.6 is 0 Å². The summed E-state index contributed by atoms with van der Waals surface area (Å²) in [6.07, 6.45) is 1.77. The number of hydrogen-bond acceptors (Lipinski definition) is 4. The van der Waals surface area contributed by atoms with E-state index in [4.69, 9.17) is 4.74 Å². The molecular formula is C10H20N4O. The summed E-state index contributed by atoms with van der Waals surface area (Å²) in [6, 6.07) is 0.724. The molecule has 0 saturated carbocycles. The maximum absolute atomic E-state index is 5.05. The maximum atomic E-state index is 5.05. The number of nitrogens with zero attached hydrogens (tertiary/aromatic N) is 3. The highest BCUT2D eigenvalue weighted by Crippen LogP contribution is 2.05. The first kappa shape index (κ1) is 12.1. The van der Waals surface area contributed by atoms with Crippen LogP contribution in [0.4, 0.5) is 0 Å². The lowest BCUT2D eigenvalue weighted by atomic mass is 10.3. The van der Waals surface area contributed by atoms with Gasteiger partial charge in [-0.2, -0.15) is 0 Å². The Bertz CT molecular complexity index is 285. The average Bonchev–Trinajstić information content (AvgIpc) is 2.63. The van der Waals surface area contributed by atoms with Gasteiger partial charge in [0.2, 0.25) is 0 Å². The largest absolute Gasteiger partial charge is 0.383 e. The molecule has 1 heterocycles. The normalized spacial score (nSPS) is 13.4. The first-order valence-corrected chi connectivity index (χ1v) is 5.25. The molecule has 5 heteroatoms. The maximum Gasteiger partial charge on any atom is 0.147 e. The monoisotopic (exact) mass is 212 g/mol. The fourth-order valence-corrected chi connectivity index (χ4v) is 1.40. The van der Waals surface area contributed by atoms with Gasteiger partial charge in [-0.15, -0.1) is 10.2 Å². The third-order valence-corrected chi connectivity index (χ3v) is 2.23. The molecule has 1 unspecified atom stereocenters. The summed E-state index contributed by atoms with van der Waals surface area (Å²) in [6.45, 7) is 7.75. The molecule has 1 atom stereocenters. The van der Waals surface area contributed by atoms with E-state index in [9.17, 15) is 0 Å². The molecule has 0 aliphatic heterocycles. The lowest BCUT2D eigenvalue weighted by Crippen LogP contribution is -2.30. The van der Waals surface area contributed by atoms with Gasteiger partial charge in [-0.25, -0.2) is 0 Å². The quantitative estimate of drug-likeness (QED) is 0.764. The summed E-state index contributed by atoms with van der Waals surface area (Å²) >= 11 is 0. The second-order valence-electron chi connectivity index (χ2n) is 3.99. The Kier molecular flexibility index (Phi) is 4.71. The minimum atomic E-state index is 0.326. The van der Waals surface area contributed by atoms with Gasteiger partial charge in [-0.1, -0.05) is 0 Å². The standard InChI is InChI=1S/C10H20N4O/c1-8(2)14-7-12-13-10(14)5-11-9(3)6-15-4/h7-9,11H,5-6H2,1-4H3. The van der Waals surface area contributed by atoms with Crippen molar-refractivity contribution in [2.45, 2.75) is 39.4 Å². The minimum Gasteiger partial charge on any atom is -0.383 e. The Morgan fingerprint density at radius 3 is 2.80 bits per heavy atom. The first-order chi connectivity index (χ1) is 7.15. The van der Waals surface area contributed by atoms with Crippen LogP contribution in [-0.4, -0.2) is 34.5 Å². The number of ether oxygens (including phenoxy) is 1. The summed E-state index contributed by atoms with van der Waals surface area (Å²) in [5.74, 6) is 0.966. The molecule has 0 aliphatic carbocycles. The molecule has 1 aromatic heterocycles. The zero-order chi connectivity index (χ0) is 11.3. The zero-order valence-electron chi connectivity index (χ0n) is 9.90. The Morgan fingerprint density at radius 2 is 2.20 bits per heavy atom. The van der Waals surface area contributed by atoms with Gasteiger partial charge in [-0.05, 0) is 20.8 Å². The van der Waals surface area contributed by atoms with Crippen LogP contribution in [0.1, 0.15) is 32.6 Å². The molecule has 0 amide bonds. The number of rotatable bonds is 6. The number of aromatic nitrogens is 3. The highest BCUT2D eigenvalue weighted by atomic mass is 16.5. The van der Waals surface area contributed by atoms with E-state index >= 15 is 0 Å². The van der Waals surface area contributed by atoms with Gasteiger partial charge in [-0.3, -0.25) is 0 Å². The van der Waals surface area contributed by atoms with Crippen molar-refractivity contribution in [3.8, 4) is 0 Å². The fraction of sp³-hybridized carbons (Fsp3) is 0.800. The highest BCUT2D eigenvalue weighted by Gasteiger charge is 2.08. The average molecular weight is 212 g/mol. The summed E-state index contributed by atoms with van der Waals surface area (Å²) < 4.78 is 7.11. The third-order valence-electron chi connectivity index (χ3n) is 2.23. The van der Waals surface area contributed by atoms with E-state index in [-0.39, 0.29) is 0 Å². The van der Waals surface area contributed by atoms with Crippen molar-refractivity contribution in [2.24, 2.45) is 0 Å². The minimum absolute atomic E-state index is 0.326. The molecule has 0 bridgehead atoms. The van der Waals surface area contributed by atoms with E-state index in [0.29, 0.717) is 18.7 Å². The fourth-order valence-electron chi connectivity index (χ4n) is 1.40. The predicted molar refractivity (Wildman–Crippen MR) is 58.6 cm³/mol. The van der Waals surface area contributed by atoms with E-state index in [2.05, 4.69) is 40.9 Å². The Labute approximate surface area is 90.8 Å². The van der Waals surface area contributed by atoms with E-state index in [0.717, 1.165) is 12.4 Å². The van der Waals surface area contributed by atoms with Gasteiger partial charge >= 0.3 is 0 Å². The van der Waals surface area contributed by atoms with Crippen LogP contribution in [-0.2, 0) is 11.3 Å². The lowest BCUT2D eigenvalue weighted by Gasteiger charge is -2.14. The molecule has 0 saturated heterocycles. The molecule has 0 radical (unpaired) electrons. The van der Waals surface area contributed by atoms with E-state index < -0.39 is 0 Å². The first-order valence-electron chi connectivity index (χ1n) is 5.25. The lowest BCUT2D eigenvalue weighted by molar-refractivity contribution is 0.171. The van der Waals surface area contributed by atoms with Gasteiger partial charge in [0, 0.05) is 19.2 Å². The van der Waals surface area contributed by atoms with Gasteiger partial charge in [0.25, 0.3) is 0 Å². The van der Waals surface area contributed by atoms with Crippen molar-refractivity contribution in [3.63, 3.8) is 0 Å². The Hall–Kier alpha value is -0.940. The van der Waals surface area contributed by atoms with Crippen LogP contribution in [0.2, 0.25) is 0 Å². The number of hydrogen-bond donors (Lipinski definition) is 1. The van der Waals surface area contributed by atoms with Crippen LogP contribution in [0.25, 0.3) is 0 Å². The highest BCUT2D eigenvalue weighted by molar-refractivity contribution is 4.87. The number of nitrogens with one attached hydrogen (secondary N) is 1. The summed E-state index contributed by atoms with van der Waals surface area (Å²) in [4.78, 5) is 0. The van der Waals surface area contributed by atoms with Crippen LogP contribution in [0, 0.1) is 0 Å². The van der Waals surface area contributed by atoms with Crippen molar-refractivity contribution < 1.29 is 4.74 Å². The van der Waals surface area contributed by atoms with Crippen LogP contribution < -0.4 is 5.32 Å². The molecule has 86 valence electrons. The van der Waals surface area contributed by atoms with Crippen molar-refractivity contribution >= 4 is 0 Å². The van der Waals surface area contributed by atoms with Crippen LogP contribution in [0.15, 0.2) is 6.33 Å². The smallest absolute Gasteiger partial charge is 0.147 e. The molecule has 0 aliphatic rings. The zero-order valence-corrected chi connectivity index (χ0v) is 9.90. The van der Waals surface area contributed by atoms with Crippen molar-refractivity contribution in [3.05, 3.63) is 12.2 Å². The van der Waals surface area contributed by atoms with Crippen LogP contribution in [0.5, 0.6) is 0 Å². The van der Waals surface area contributed by atoms with Crippen molar-refractivity contribution in [2.75, 3.05) is 13.7 Å². The molecule has 1 N–H and O–H groups in total. The van der Waals surface area contributed by atoms with Gasteiger partial charge in [0.05, 0.1) is 13.2 Å². The van der Waals surface area contributed by atoms with Crippen LogP contribution in [0.3, 0.4) is 0 Å². The molecule has 5 nitrogen and oxygen atoms in total. The number of methoxy groups -OCH3 is 1. The molecule has 15 heavy (non-hydrogen) atoms. The molecule has 1 rings (SSSR count). The van der Waals surface area contributed by atoms with E-state index in [1.165, 1.54) is 0 Å². The Balaban J connectivity index is 2.46. The van der Waals surface area contributed by atoms with E-state index in [1.807, 2.05) is 0 Å². The van der Waals surface area contributed by atoms with E-state index in [1.54, 1.807) is 13.4 Å². The Morgan fingerprint density at radius 1 is 1.47 bits per heavy atom. The molecule has 0 aromatic carbocycles. The van der Waals surface area contributed by atoms with Crippen molar-refractivity contribution in [1.82, 2.24) is 20.1 Å². The molecule has 0 spiro atoms.